The zero-order valence-corrected chi connectivity index (χ0v) is 22.8. The van der Waals surface area contributed by atoms with Gasteiger partial charge in [-0.25, -0.2) is 4.79 Å². The van der Waals surface area contributed by atoms with Gasteiger partial charge >= 0.3 is 5.97 Å². The topological polar surface area (TPSA) is 147 Å². The minimum Gasteiger partial charge on any atom is -0.489 e. The van der Waals surface area contributed by atoms with E-state index in [1.807, 2.05) is 12.1 Å². The average molecular weight is 565 g/mol. The Hall–Kier alpha value is -4.24. The summed E-state index contributed by atoms with van der Waals surface area (Å²) in [6, 6.07) is 17.0. The normalized spacial score (nSPS) is 13.3. The standard InChI is InChI=1S/C30H33ClN4O5/c31-22-11-14-25(24(15-22)30(38)35-23-12-9-20(10-13-23)29(32)33)34-16-21-7-4-8-26(28(21)40-18-27(36)37)39-17-19-5-2-1-3-6-19/h4,7-15,19,34H,1-3,5-6,16-18H2,(H3,32,33)(H,35,38)(H,36,37). The molecule has 0 radical (unpaired) electrons. The lowest BCUT2D eigenvalue weighted by atomic mass is 9.90. The number of ether oxygens (including phenoxy) is 2. The highest BCUT2D eigenvalue weighted by Crippen LogP contribution is 2.34. The monoisotopic (exact) mass is 564 g/mol. The number of hydrogen-bond acceptors (Lipinski definition) is 6. The number of halogens is 1. The Morgan fingerprint density at radius 3 is 2.48 bits per heavy atom. The van der Waals surface area contributed by atoms with Crippen LogP contribution >= 0.6 is 11.6 Å². The van der Waals surface area contributed by atoms with E-state index in [2.05, 4.69) is 10.6 Å². The first-order chi connectivity index (χ1) is 19.3. The summed E-state index contributed by atoms with van der Waals surface area (Å²) in [6.45, 7) is 0.286. The maximum absolute atomic E-state index is 13.2. The summed E-state index contributed by atoms with van der Waals surface area (Å²) >= 11 is 6.21. The largest absolute Gasteiger partial charge is 0.489 e. The maximum atomic E-state index is 13.2. The zero-order valence-electron chi connectivity index (χ0n) is 22.0. The van der Waals surface area contributed by atoms with Gasteiger partial charge in [0, 0.05) is 34.1 Å². The van der Waals surface area contributed by atoms with Crippen molar-refractivity contribution < 1.29 is 24.2 Å². The summed E-state index contributed by atoms with van der Waals surface area (Å²) in [7, 11) is 0. The van der Waals surface area contributed by atoms with Crippen LogP contribution in [0.2, 0.25) is 5.02 Å². The molecule has 9 nitrogen and oxygen atoms in total. The summed E-state index contributed by atoms with van der Waals surface area (Å²) < 4.78 is 11.8. The quantitative estimate of drug-likeness (QED) is 0.136. The van der Waals surface area contributed by atoms with Crippen molar-refractivity contribution in [3.05, 3.63) is 82.4 Å². The van der Waals surface area contributed by atoms with Crippen LogP contribution in [-0.4, -0.2) is 36.0 Å². The summed E-state index contributed by atoms with van der Waals surface area (Å²) in [6.07, 6.45) is 5.88. The Kier molecular flexibility index (Phi) is 9.86. The molecule has 3 aromatic carbocycles. The first-order valence-electron chi connectivity index (χ1n) is 13.2. The summed E-state index contributed by atoms with van der Waals surface area (Å²) in [5, 5.41) is 23.2. The van der Waals surface area contributed by atoms with Gasteiger partial charge in [0.05, 0.1) is 12.2 Å². The molecule has 0 unspecified atom stereocenters. The van der Waals surface area contributed by atoms with Crippen LogP contribution in [0.5, 0.6) is 11.5 Å². The van der Waals surface area contributed by atoms with Gasteiger partial charge in [0.25, 0.3) is 5.91 Å². The average Bonchev–Trinajstić information content (AvgIpc) is 2.95. The minimum absolute atomic E-state index is 0.0608. The fraction of sp³-hybridized carbons (Fsp3) is 0.300. The van der Waals surface area contributed by atoms with E-state index in [0.29, 0.717) is 57.1 Å². The Morgan fingerprint density at radius 1 is 1.02 bits per heavy atom. The molecule has 1 aliphatic rings. The van der Waals surface area contributed by atoms with E-state index in [-0.39, 0.29) is 18.3 Å². The fourth-order valence-corrected chi connectivity index (χ4v) is 4.83. The lowest BCUT2D eigenvalue weighted by molar-refractivity contribution is -0.139. The molecule has 0 saturated heterocycles. The van der Waals surface area contributed by atoms with Crippen molar-refractivity contribution in [3.63, 3.8) is 0 Å². The number of carboxylic acid groups (broad SMARTS) is 1. The molecule has 0 atom stereocenters. The third-order valence-corrected chi connectivity index (χ3v) is 6.98. The van der Waals surface area contributed by atoms with Gasteiger partial charge in [-0.15, -0.1) is 0 Å². The second kappa shape index (κ2) is 13.7. The summed E-state index contributed by atoms with van der Waals surface area (Å²) in [4.78, 5) is 24.4. The highest BCUT2D eigenvalue weighted by Gasteiger charge is 2.19. The minimum atomic E-state index is -1.09. The van der Waals surface area contributed by atoms with Gasteiger partial charge < -0.3 is 30.9 Å². The lowest BCUT2D eigenvalue weighted by Gasteiger charge is -2.23. The molecule has 0 aliphatic heterocycles. The predicted octanol–water partition coefficient (Wildman–Crippen LogP) is 5.91. The second-order valence-corrected chi connectivity index (χ2v) is 10.2. The molecule has 0 heterocycles. The number of rotatable bonds is 12. The van der Waals surface area contributed by atoms with Crippen LogP contribution in [0.15, 0.2) is 60.7 Å². The predicted molar refractivity (Wildman–Crippen MR) is 156 cm³/mol. The zero-order chi connectivity index (χ0) is 28.5. The van der Waals surface area contributed by atoms with Gasteiger partial charge in [0.15, 0.2) is 18.1 Å². The molecule has 4 rings (SSSR count). The number of nitrogens with one attached hydrogen (secondary N) is 3. The van der Waals surface area contributed by atoms with Crippen molar-refractivity contribution in [2.45, 2.75) is 38.6 Å². The Morgan fingerprint density at radius 2 is 1.77 bits per heavy atom. The first kappa shape index (κ1) is 28.8. The van der Waals surface area contributed by atoms with Crippen molar-refractivity contribution in [1.29, 1.82) is 5.41 Å². The van der Waals surface area contributed by atoms with Crippen LogP contribution in [0.25, 0.3) is 0 Å². The van der Waals surface area contributed by atoms with E-state index >= 15 is 0 Å². The number of carboxylic acids is 1. The number of anilines is 2. The van der Waals surface area contributed by atoms with Crippen LogP contribution in [-0.2, 0) is 11.3 Å². The smallest absolute Gasteiger partial charge is 0.341 e. The molecule has 1 amide bonds. The van der Waals surface area contributed by atoms with Crippen LogP contribution in [0.1, 0.15) is 53.6 Å². The van der Waals surface area contributed by atoms with E-state index in [4.69, 9.17) is 32.2 Å². The summed E-state index contributed by atoms with van der Waals surface area (Å²) in [5.74, 6) is -0.208. The van der Waals surface area contributed by atoms with E-state index in [0.717, 1.165) is 12.8 Å². The molecule has 210 valence electrons. The number of amidine groups is 1. The van der Waals surface area contributed by atoms with E-state index in [1.54, 1.807) is 48.5 Å². The molecule has 0 aromatic heterocycles. The summed E-state index contributed by atoms with van der Waals surface area (Å²) in [5.41, 5.74) is 8.12. The molecule has 1 aliphatic carbocycles. The number of benzene rings is 3. The number of nitrogens with two attached hydrogens (primary N) is 1. The SMILES string of the molecule is N=C(N)c1ccc(NC(=O)c2cc(Cl)ccc2NCc2cccc(OCC3CCCCC3)c2OCC(=O)O)cc1. The number of amides is 1. The molecule has 1 saturated carbocycles. The lowest BCUT2D eigenvalue weighted by Crippen LogP contribution is -2.17. The fourth-order valence-electron chi connectivity index (χ4n) is 4.65. The maximum Gasteiger partial charge on any atom is 0.341 e. The molecular formula is C30H33ClN4O5. The van der Waals surface area contributed by atoms with Gasteiger partial charge in [-0.2, -0.15) is 0 Å². The third kappa shape index (κ3) is 7.89. The third-order valence-electron chi connectivity index (χ3n) is 6.75. The van der Waals surface area contributed by atoms with Crippen molar-refractivity contribution in [1.82, 2.24) is 0 Å². The number of para-hydroxylation sites is 1. The first-order valence-corrected chi connectivity index (χ1v) is 13.6. The van der Waals surface area contributed by atoms with Crippen molar-refractivity contribution in [3.8, 4) is 11.5 Å². The van der Waals surface area contributed by atoms with Gasteiger partial charge in [-0.3, -0.25) is 10.2 Å². The van der Waals surface area contributed by atoms with Crippen molar-refractivity contribution >= 4 is 40.7 Å². The van der Waals surface area contributed by atoms with Gasteiger partial charge in [-0.05, 0) is 67.3 Å². The molecule has 0 spiro atoms. The highest BCUT2D eigenvalue weighted by molar-refractivity contribution is 6.31. The highest BCUT2D eigenvalue weighted by atomic mass is 35.5. The molecule has 0 bridgehead atoms. The van der Waals surface area contributed by atoms with Gasteiger partial charge in [0.1, 0.15) is 5.84 Å². The van der Waals surface area contributed by atoms with Crippen LogP contribution in [0, 0.1) is 11.3 Å². The number of hydrogen-bond donors (Lipinski definition) is 5. The molecule has 6 N–H and O–H groups in total. The number of nitrogen functional groups attached to an aromatic ring is 1. The molecule has 1 fully saturated rings. The van der Waals surface area contributed by atoms with Gasteiger partial charge in [0.2, 0.25) is 0 Å². The van der Waals surface area contributed by atoms with Crippen LogP contribution in [0.3, 0.4) is 0 Å². The molecule has 10 heteroatoms. The number of aliphatic carboxylic acids is 1. The second-order valence-electron chi connectivity index (χ2n) is 9.73. The van der Waals surface area contributed by atoms with Gasteiger partial charge in [-0.1, -0.05) is 43.0 Å². The van der Waals surface area contributed by atoms with E-state index in [9.17, 15) is 14.7 Å². The van der Waals surface area contributed by atoms with Crippen molar-refractivity contribution in [2.24, 2.45) is 11.7 Å². The van der Waals surface area contributed by atoms with E-state index < -0.39 is 12.6 Å². The number of carbonyl (C=O) groups excluding carboxylic acids is 1. The van der Waals surface area contributed by atoms with Crippen molar-refractivity contribution in [2.75, 3.05) is 23.8 Å². The molecular weight excluding hydrogens is 532 g/mol. The van der Waals surface area contributed by atoms with E-state index in [1.165, 1.54) is 19.3 Å². The molecule has 40 heavy (non-hydrogen) atoms. The Balaban J connectivity index is 1.51. The molecule has 3 aromatic rings. The Labute approximate surface area is 238 Å². The Bertz CT molecular complexity index is 1360. The number of carbonyl (C=O) groups is 2. The van der Waals surface area contributed by atoms with Crippen LogP contribution in [0.4, 0.5) is 11.4 Å². The van der Waals surface area contributed by atoms with Crippen LogP contribution < -0.4 is 25.8 Å².